The molecule has 1 N–H and O–H groups in total. The first-order valence-corrected chi connectivity index (χ1v) is 10.4. The maximum atomic E-state index is 11.8. The van der Waals surface area contributed by atoms with Crippen molar-refractivity contribution in [1.29, 1.82) is 0 Å². The van der Waals surface area contributed by atoms with Crippen LogP contribution in [0.1, 0.15) is 41.0 Å². The number of carbonyl (C=O) groups excluding carboxylic acids is 4. The number of amides is 1. The number of hydrogen-bond donors (Lipinski definition) is 1. The number of ether oxygens (including phenoxy) is 3. The van der Waals surface area contributed by atoms with E-state index in [2.05, 4.69) is 19.2 Å². The number of rotatable bonds is 16. The number of Topliss-reactive ketones (excluding diaryl/α,β-unsaturated/α-hetero) is 1. The van der Waals surface area contributed by atoms with Crippen LogP contribution in [0.2, 0.25) is 0 Å². The highest BCUT2D eigenvalue weighted by Crippen LogP contribution is 2.16. The van der Waals surface area contributed by atoms with E-state index in [9.17, 15) is 9.59 Å². The molecule has 28 heavy (non-hydrogen) atoms. The first-order chi connectivity index (χ1) is 13.3. The van der Waals surface area contributed by atoms with E-state index < -0.39 is 0 Å². The third-order valence-electron chi connectivity index (χ3n) is 3.27. The fourth-order valence-electron chi connectivity index (χ4n) is 1.86. The van der Waals surface area contributed by atoms with E-state index in [1.165, 1.54) is 0 Å². The van der Waals surface area contributed by atoms with Gasteiger partial charge < -0.3 is 19.5 Å². The maximum Gasteiger partial charge on any atom is 0.373 e. The maximum absolute atomic E-state index is 11.8. The lowest BCUT2D eigenvalue weighted by Crippen LogP contribution is -2.34. The molecule has 164 valence electrons. The average Bonchev–Trinajstić information content (AvgIpc) is 2.62. The molecule has 9 heteroatoms. The van der Waals surface area contributed by atoms with Gasteiger partial charge in [0.1, 0.15) is 5.78 Å². The molecular weight excluding hydrogens is 386 g/mol. The van der Waals surface area contributed by atoms with Crippen molar-refractivity contribution in [2.75, 3.05) is 46.2 Å². The summed E-state index contributed by atoms with van der Waals surface area (Å²) < 4.78 is 16.1. The number of ketones is 1. The normalized spacial score (nSPS) is 11.5. The van der Waals surface area contributed by atoms with Gasteiger partial charge in [-0.2, -0.15) is 9.59 Å². The Morgan fingerprint density at radius 1 is 0.857 bits per heavy atom. The predicted octanol–water partition coefficient (Wildman–Crippen LogP) is 1.71. The molecule has 0 aliphatic heterocycles. The van der Waals surface area contributed by atoms with Crippen LogP contribution in [0.5, 0.6) is 0 Å². The van der Waals surface area contributed by atoms with Crippen molar-refractivity contribution in [3.05, 3.63) is 0 Å². The zero-order valence-electron chi connectivity index (χ0n) is 17.7. The van der Waals surface area contributed by atoms with Gasteiger partial charge in [-0.15, -0.1) is 11.8 Å². The molecule has 0 aliphatic carbocycles. The zero-order valence-corrected chi connectivity index (χ0v) is 18.5. The Kier molecular flexibility index (Phi) is 21.2. The predicted molar refractivity (Wildman–Crippen MR) is 107 cm³/mol. The fraction of sp³-hybridized carbons (Fsp3) is 0.842. The van der Waals surface area contributed by atoms with Gasteiger partial charge in [0, 0.05) is 18.9 Å². The summed E-state index contributed by atoms with van der Waals surface area (Å²) in [6.07, 6.45) is 0.709. The molecule has 1 atom stereocenters. The topological polar surface area (TPSA) is 108 Å². The van der Waals surface area contributed by atoms with E-state index in [1.54, 1.807) is 11.8 Å². The lowest BCUT2D eigenvalue weighted by atomic mass is 10.1. The molecule has 0 rings (SSSR count). The first kappa shape index (κ1) is 29.0. The van der Waals surface area contributed by atoms with E-state index in [0.29, 0.717) is 57.9 Å². The van der Waals surface area contributed by atoms with E-state index in [1.807, 2.05) is 20.8 Å². The lowest BCUT2D eigenvalue weighted by Gasteiger charge is -2.14. The summed E-state index contributed by atoms with van der Waals surface area (Å²) >= 11 is 1.64. The highest BCUT2D eigenvalue weighted by atomic mass is 32.2. The van der Waals surface area contributed by atoms with Crippen molar-refractivity contribution in [2.45, 2.75) is 51.5 Å². The third-order valence-corrected chi connectivity index (χ3v) is 4.44. The van der Waals surface area contributed by atoms with Crippen LogP contribution in [0, 0.1) is 5.92 Å². The summed E-state index contributed by atoms with van der Waals surface area (Å²) in [7, 11) is 0. The molecule has 0 heterocycles. The Labute approximate surface area is 172 Å². The van der Waals surface area contributed by atoms with Gasteiger partial charge in [0.15, 0.2) is 0 Å². The van der Waals surface area contributed by atoms with Crippen molar-refractivity contribution < 1.29 is 33.4 Å². The van der Waals surface area contributed by atoms with Crippen LogP contribution >= 0.6 is 11.8 Å². The monoisotopic (exact) mass is 421 g/mol. The Morgan fingerprint density at radius 3 is 1.79 bits per heavy atom. The molecular formula is C19H35NO7S. The molecule has 0 radical (unpaired) electrons. The van der Waals surface area contributed by atoms with Crippen molar-refractivity contribution in [1.82, 2.24) is 5.32 Å². The smallest absolute Gasteiger partial charge is 0.373 e. The first-order valence-electron chi connectivity index (χ1n) is 9.44. The Balaban J connectivity index is 0. The molecule has 0 aromatic carbocycles. The highest BCUT2D eigenvalue weighted by molar-refractivity contribution is 8.01. The third kappa shape index (κ3) is 21.1. The minimum Gasteiger partial charge on any atom is -0.379 e. The van der Waals surface area contributed by atoms with Crippen LogP contribution < -0.4 is 5.32 Å². The molecule has 1 unspecified atom stereocenters. The van der Waals surface area contributed by atoms with Crippen LogP contribution in [0.25, 0.3) is 0 Å². The molecule has 0 bridgehead atoms. The van der Waals surface area contributed by atoms with Gasteiger partial charge in [-0.1, -0.05) is 27.7 Å². The summed E-state index contributed by atoms with van der Waals surface area (Å²) in [5.41, 5.74) is 0. The van der Waals surface area contributed by atoms with E-state index in [0.717, 1.165) is 0 Å². The van der Waals surface area contributed by atoms with E-state index in [-0.39, 0.29) is 29.0 Å². The molecule has 0 saturated heterocycles. The minimum absolute atomic E-state index is 0.0424. The number of carbonyl (C=O) groups is 2. The van der Waals surface area contributed by atoms with E-state index in [4.69, 9.17) is 23.8 Å². The zero-order chi connectivity index (χ0) is 21.8. The van der Waals surface area contributed by atoms with Gasteiger partial charge >= 0.3 is 6.15 Å². The van der Waals surface area contributed by atoms with Crippen molar-refractivity contribution in [3.8, 4) is 0 Å². The lowest BCUT2D eigenvalue weighted by molar-refractivity contribution is -0.191. The minimum atomic E-state index is -0.0424. The second kappa shape index (κ2) is 20.5. The van der Waals surface area contributed by atoms with Gasteiger partial charge in [0.05, 0.1) is 44.9 Å². The molecule has 0 aromatic heterocycles. The largest absolute Gasteiger partial charge is 0.379 e. The van der Waals surface area contributed by atoms with Crippen LogP contribution in [0.15, 0.2) is 0 Å². The summed E-state index contributed by atoms with van der Waals surface area (Å²) in [5, 5.41) is 3.25. The van der Waals surface area contributed by atoms with Crippen molar-refractivity contribution >= 4 is 29.6 Å². The summed E-state index contributed by atoms with van der Waals surface area (Å²) in [6.45, 7) is 13.2. The molecule has 1 amide bonds. The van der Waals surface area contributed by atoms with Crippen LogP contribution in [0.3, 0.4) is 0 Å². The number of hydrogen-bond acceptors (Lipinski definition) is 8. The summed E-state index contributed by atoms with van der Waals surface area (Å²) in [4.78, 5) is 39.4. The molecule has 0 aromatic rings. The fourth-order valence-corrected chi connectivity index (χ4v) is 2.89. The molecule has 0 spiro atoms. The summed E-state index contributed by atoms with van der Waals surface area (Å²) in [5.74, 6) is 0.337. The van der Waals surface area contributed by atoms with Gasteiger partial charge in [-0.3, -0.25) is 9.59 Å². The van der Waals surface area contributed by atoms with Gasteiger partial charge in [-0.25, -0.2) is 0 Å². The van der Waals surface area contributed by atoms with Crippen LogP contribution in [0.4, 0.5) is 0 Å². The second-order valence-electron chi connectivity index (χ2n) is 6.41. The molecule has 0 saturated carbocycles. The SMILES string of the molecule is CC(C)SC(C)C(=O)NCCOCCOCCOCCC(=O)C(C)C.O=C=O. The number of nitrogens with one attached hydrogen (secondary N) is 1. The Hall–Kier alpha value is -1.25. The second-order valence-corrected chi connectivity index (χ2v) is 8.33. The van der Waals surface area contributed by atoms with Gasteiger partial charge in [-0.05, 0) is 12.2 Å². The van der Waals surface area contributed by atoms with Gasteiger partial charge in [0.2, 0.25) is 5.91 Å². The van der Waals surface area contributed by atoms with Crippen molar-refractivity contribution in [3.63, 3.8) is 0 Å². The van der Waals surface area contributed by atoms with Gasteiger partial charge in [0.25, 0.3) is 0 Å². The average molecular weight is 422 g/mol. The van der Waals surface area contributed by atoms with Crippen LogP contribution in [-0.4, -0.2) is 74.5 Å². The quantitative estimate of drug-likeness (QED) is 0.375. The van der Waals surface area contributed by atoms with Crippen LogP contribution in [-0.2, 0) is 33.4 Å². The van der Waals surface area contributed by atoms with Crippen molar-refractivity contribution in [2.24, 2.45) is 5.92 Å². The standard InChI is InChI=1S/C18H35NO5S.CO2/c1-14(2)17(20)6-8-22-10-12-24-13-11-23-9-7-19-18(21)16(5)25-15(3)4;2-1-3/h14-16H,6-13H2,1-5H3,(H,19,21);. The highest BCUT2D eigenvalue weighted by Gasteiger charge is 2.13. The molecule has 8 nitrogen and oxygen atoms in total. The number of thioether (sulfide) groups is 1. The molecule has 0 fully saturated rings. The Morgan fingerprint density at radius 2 is 1.32 bits per heavy atom. The van der Waals surface area contributed by atoms with E-state index >= 15 is 0 Å². The molecule has 0 aliphatic rings. The Bertz CT molecular complexity index is 438. The summed E-state index contributed by atoms with van der Waals surface area (Å²) in [6, 6.07) is 0.